The Bertz CT molecular complexity index is 1050. The number of aromatic nitrogens is 4. The lowest BCUT2D eigenvalue weighted by atomic mass is 10.2. The van der Waals surface area contributed by atoms with E-state index in [-0.39, 0.29) is 11.5 Å². The van der Waals surface area contributed by atoms with E-state index in [0.29, 0.717) is 49.9 Å². The molecule has 9 nitrogen and oxygen atoms in total. The zero-order valence-corrected chi connectivity index (χ0v) is 16.9. The topological polar surface area (TPSA) is 102 Å². The van der Waals surface area contributed by atoms with Gasteiger partial charge in [0.2, 0.25) is 11.9 Å². The van der Waals surface area contributed by atoms with Crippen LogP contribution in [0.5, 0.6) is 0 Å². The maximum Gasteiger partial charge on any atom is 0.269 e. The number of aromatic amines is 1. The van der Waals surface area contributed by atoms with E-state index in [1.54, 1.807) is 30.7 Å². The van der Waals surface area contributed by atoms with E-state index < -0.39 is 17.7 Å². The molecular weight excluding hydrogens is 406 g/mol. The van der Waals surface area contributed by atoms with Gasteiger partial charge in [0.25, 0.3) is 5.91 Å². The predicted octanol–water partition coefficient (Wildman–Crippen LogP) is 1.90. The number of carbonyl (C=O) groups excluding carboxylic acids is 1. The van der Waals surface area contributed by atoms with Gasteiger partial charge in [-0.15, -0.1) is 0 Å². The van der Waals surface area contributed by atoms with Gasteiger partial charge in [-0.1, -0.05) is 0 Å². The van der Waals surface area contributed by atoms with E-state index in [1.807, 2.05) is 4.90 Å². The van der Waals surface area contributed by atoms with Crippen molar-refractivity contribution >= 4 is 23.4 Å². The molecule has 1 amide bonds. The van der Waals surface area contributed by atoms with Gasteiger partial charge in [0, 0.05) is 63.9 Å². The largest absolute Gasteiger partial charge is 0.365 e. The molecule has 31 heavy (non-hydrogen) atoms. The lowest BCUT2D eigenvalue weighted by Crippen LogP contribution is -2.46. The smallest absolute Gasteiger partial charge is 0.269 e. The van der Waals surface area contributed by atoms with E-state index in [4.69, 9.17) is 0 Å². The normalized spacial score (nSPS) is 14.5. The van der Waals surface area contributed by atoms with Crippen LogP contribution >= 0.6 is 0 Å². The first-order valence-corrected chi connectivity index (χ1v) is 9.81. The molecule has 3 N–H and O–H groups in total. The summed E-state index contributed by atoms with van der Waals surface area (Å²) in [6.45, 7) is 2.77. The highest BCUT2D eigenvalue weighted by Gasteiger charge is 2.22. The first-order valence-electron chi connectivity index (χ1n) is 9.81. The summed E-state index contributed by atoms with van der Waals surface area (Å²) in [4.78, 5) is 30.2. The fraction of sp³-hybridized carbons (Fsp3) is 0.300. The monoisotopic (exact) mass is 428 g/mol. The van der Waals surface area contributed by atoms with Crippen molar-refractivity contribution in [3.05, 3.63) is 59.8 Å². The van der Waals surface area contributed by atoms with Crippen molar-refractivity contribution in [2.24, 2.45) is 0 Å². The molecule has 0 bridgehead atoms. The molecule has 1 fully saturated rings. The molecule has 0 unspecified atom stereocenters. The molecule has 4 rings (SSSR count). The third-order valence-corrected chi connectivity index (χ3v) is 5.10. The zero-order chi connectivity index (χ0) is 21.8. The third kappa shape index (κ3) is 4.61. The summed E-state index contributed by atoms with van der Waals surface area (Å²) in [5.74, 6) is -1.02. The highest BCUT2D eigenvalue weighted by atomic mass is 19.1. The van der Waals surface area contributed by atoms with Gasteiger partial charge < -0.3 is 20.5 Å². The van der Waals surface area contributed by atoms with Gasteiger partial charge in [0.15, 0.2) is 11.6 Å². The number of imidazole rings is 1. The Morgan fingerprint density at radius 1 is 1.13 bits per heavy atom. The summed E-state index contributed by atoms with van der Waals surface area (Å²) in [5, 5.41) is 5.25. The van der Waals surface area contributed by atoms with E-state index in [2.05, 4.69) is 35.5 Å². The lowest BCUT2D eigenvalue weighted by molar-refractivity contribution is 0.0957. The molecule has 0 saturated carbocycles. The SMILES string of the molecule is CNC(=O)c1ccc(N2CCN(Cc3ccnc(Nc4ncc[nH]4)c3F)CC2)c(F)n1. The Morgan fingerprint density at radius 3 is 2.61 bits per heavy atom. The number of carbonyl (C=O) groups is 1. The number of rotatable bonds is 6. The molecule has 1 aliphatic rings. The number of amides is 1. The number of H-pyrrole nitrogens is 1. The maximum absolute atomic E-state index is 14.9. The second kappa shape index (κ2) is 9.04. The van der Waals surface area contributed by atoms with Crippen molar-refractivity contribution in [1.29, 1.82) is 0 Å². The average molecular weight is 428 g/mol. The predicted molar refractivity (Wildman–Crippen MR) is 111 cm³/mol. The van der Waals surface area contributed by atoms with Crippen LogP contribution in [0.3, 0.4) is 0 Å². The molecule has 162 valence electrons. The van der Waals surface area contributed by atoms with E-state index in [1.165, 1.54) is 13.1 Å². The molecule has 4 heterocycles. The van der Waals surface area contributed by atoms with Crippen molar-refractivity contribution in [2.75, 3.05) is 43.4 Å². The molecule has 11 heteroatoms. The van der Waals surface area contributed by atoms with Crippen LogP contribution in [0.2, 0.25) is 0 Å². The van der Waals surface area contributed by atoms with Gasteiger partial charge in [-0.25, -0.2) is 19.3 Å². The zero-order valence-electron chi connectivity index (χ0n) is 16.9. The molecule has 0 aromatic carbocycles. The van der Waals surface area contributed by atoms with Crippen LogP contribution in [-0.4, -0.2) is 64.0 Å². The molecule has 3 aromatic rings. The standard InChI is InChI=1S/C20H22F2N8O/c1-23-19(31)14-2-3-15(17(22)27-14)30-10-8-29(9-11-30)12-13-4-5-24-18(16(13)21)28-20-25-6-7-26-20/h2-7H,8-12H2,1H3,(H,23,31)(H2,24,25,26,28). The molecule has 0 atom stereocenters. The first-order chi connectivity index (χ1) is 15.0. The summed E-state index contributed by atoms with van der Waals surface area (Å²) >= 11 is 0. The fourth-order valence-electron chi connectivity index (χ4n) is 3.44. The summed E-state index contributed by atoms with van der Waals surface area (Å²) < 4.78 is 29.3. The number of hydrogen-bond donors (Lipinski definition) is 3. The van der Waals surface area contributed by atoms with Crippen molar-refractivity contribution < 1.29 is 13.6 Å². The van der Waals surface area contributed by atoms with Crippen LogP contribution in [0.25, 0.3) is 0 Å². The Morgan fingerprint density at radius 2 is 1.94 bits per heavy atom. The average Bonchev–Trinajstić information content (AvgIpc) is 3.30. The quantitative estimate of drug-likeness (QED) is 0.516. The summed E-state index contributed by atoms with van der Waals surface area (Å²) in [6.07, 6.45) is 4.75. The third-order valence-electron chi connectivity index (χ3n) is 5.10. The minimum absolute atomic E-state index is 0.0366. The molecule has 3 aromatic heterocycles. The van der Waals surface area contributed by atoms with E-state index in [9.17, 15) is 13.6 Å². The molecule has 0 radical (unpaired) electrons. The highest BCUT2D eigenvalue weighted by molar-refractivity contribution is 5.92. The number of nitrogens with one attached hydrogen (secondary N) is 3. The van der Waals surface area contributed by atoms with E-state index >= 15 is 0 Å². The number of piperazine rings is 1. The van der Waals surface area contributed by atoms with Gasteiger partial charge >= 0.3 is 0 Å². The number of halogens is 2. The van der Waals surface area contributed by atoms with Crippen LogP contribution in [0, 0.1) is 11.8 Å². The fourth-order valence-corrected chi connectivity index (χ4v) is 3.44. The summed E-state index contributed by atoms with van der Waals surface area (Å²) in [5.41, 5.74) is 0.905. The van der Waals surface area contributed by atoms with Crippen molar-refractivity contribution in [3.8, 4) is 0 Å². The minimum atomic E-state index is -0.677. The lowest BCUT2D eigenvalue weighted by Gasteiger charge is -2.36. The minimum Gasteiger partial charge on any atom is -0.365 e. The Kier molecular flexibility index (Phi) is 6.03. The van der Waals surface area contributed by atoms with Crippen LogP contribution in [0.15, 0.2) is 36.8 Å². The second-order valence-corrected chi connectivity index (χ2v) is 7.04. The molecule has 0 aliphatic carbocycles. The highest BCUT2D eigenvalue weighted by Crippen LogP contribution is 2.23. The van der Waals surface area contributed by atoms with Crippen LogP contribution in [0.4, 0.5) is 26.2 Å². The van der Waals surface area contributed by atoms with Crippen LogP contribution < -0.4 is 15.5 Å². The maximum atomic E-state index is 14.9. The number of pyridine rings is 2. The van der Waals surface area contributed by atoms with Crippen molar-refractivity contribution in [2.45, 2.75) is 6.54 Å². The van der Waals surface area contributed by atoms with Gasteiger partial charge in [0.1, 0.15) is 5.69 Å². The van der Waals surface area contributed by atoms with Crippen LogP contribution in [-0.2, 0) is 6.54 Å². The van der Waals surface area contributed by atoms with Gasteiger partial charge in [-0.05, 0) is 18.2 Å². The van der Waals surface area contributed by atoms with Gasteiger partial charge in [0.05, 0.1) is 5.69 Å². The Labute approximate surface area is 177 Å². The van der Waals surface area contributed by atoms with Crippen molar-refractivity contribution in [1.82, 2.24) is 30.2 Å². The molecule has 1 saturated heterocycles. The van der Waals surface area contributed by atoms with Crippen LogP contribution in [0.1, 0.15) is 16.1 Å². The summed E-state index contributed by atoms with van der Waals surface area (Å²) in [7, 11) is 1.47. The molecular formula is C20H22F2N8O. The Balaban J connectivity index is 1.38. The molecule has 0 spiro atoms. The second-order valence-electron chi connectivity index (χ2n) is 7.04. The summed E-state index contributed by atoms with van der Waals surface area (Å²) in [6, 6.07) is 4.72. The van der Waals surface area contributed by atoms with Crippen molar-refractivity contribution in [3.63, 3.8) is 0 Å². The number of hydrogen-bond acceptors (Lipinski definition) is 7. The molecule has 1 aliphatic heterocycles. The Hall–Kier alpha value is -3.60. The van der Waals surface area contributed by atoms with E-state index in [0.717, 1.165) is 0 Å². The first kappa shape index (κ1) is 20.7. The van der Waals surface area contributed by atoms with Gasteiger partial charge in [-0.2, -0.15) is 4.39 Å². The van der Waals surface area contributed by atoms with Gasteiger partial charge in [-0.3, -0.25) is 9.69 Å². The number of nitrogens with zero attached hydrogens (tertiary/aromatic N) is 5. The number of anilines is 3.